The van der Waals surface area contributed by atoms with Crippen molar-refractivity contribution >= 4 is 61.5 Å². The van der Waals surface area contributed by atoms with Gasteiger partial charge < -0.3 is 9.30 Å². The minimum absolute atomic E-state index is 0.0727. The first-order chi connectivity index (χ1) is 14.5. The number of rotatable bonds is 2. The highest BCUT2D eigenvalue weighted by molar-refractivity contribution is 7.80. The molecule has 1 N–H and O–H groups in total. The van der Waals surface area contributed by atoms with Crippen LogP contribution < -0.4 is 10.1 Å². The van der Waals surface area contributed by atoms with Gasteiger partial charge in [0, 0.05) is 18.0 Å². The molecule has 0 aliphatic rings. The zero-order chi connectivity index (χ0) is 21.3. The van der Waals surface area contributed by atoms with Gasteiger partial charge in [-0.15, -0.1) is 0 Å². The standard InChI is InChI=1S/C22H17N3O3S2/c1-25-18-16-6-4-3-5-13(16)11-12-17(18)30-22(25)24-21(29)23-19(26)14-7-9-15(10-8-14)20(27)28-2/h3-12H,1-2H3,(H,23,26,29). The second kappa shape index (κ2) is 8.17. The second-order valence-corrected chi connectivity index (χ2v) is 7.91. The molecule has 0 atom stereocenters. The first-order valence-corrected chi connectivity index (χ1v) is 10.3. The number of hydrogen-bond acceptors (Lipinski definition) is 5. The molecule has 0 bridgehead atoms. The molecule has 1 heterocycles. The highest BCUT2D eigenvalue weighted by atomic mass is 32.1. The number of carbonyl (C=O) groups is 2. The number of amides is 1. The second-order valence-electron chi connectivity index (χ2n) is 6.52. The Morgan fingerprint density at radius 1 is 1.03 bits per heavy atom. The number of carbonyl (C=O) groups excluding carboxylic acids is 2. The molecule has 4 rings (SSSR count). The van der Waals surface area contributed by atoms with Crippen LogP contribution in [0.3, 0.4) is 0 Å². The predicted molar refractivity (Wildman–Crippen MR) is 122 cm³/mol. The fourth-order valence-corrected chi connectivity index (χ4v) is 4.46. The fraction of sp³-hybridized carbons (Fsp3) is 0.0909. The molecule has 150 valence electrons. The number of fused-ring (bicyclic) bond motifs is 3. The van der Waals surface area contributed by atoms with E-state index >= 15 is 0 Å². The highest BCUT2D eigenvalue weighted by Gasteiger charge is 2.11. The molecule has 0 unspecified atom stereocenters. The van der Waals surface area contributed by atoms with Crippen LogP contribution in [-0.2, 0) is 11.8 Å². The van der Waals surface area contributed by atoms with Gasteiger partial charge in [0.25, 0.3) is 5.91 Å². The van der Waals surface area contributed by atoms with Crippen LogP contribution in [-0.4, -0.2) is 28.7 Å². The molecule has 6 nitrogen and oxygen atoms in total. The normalized spacial score (nSPS) is 11.6. The minimum Gasteiger partial charge on any atom is -0.465 e. The summed E-state index contributed by atoms with van der Waals surface area (Å²) in [6, 6.07) is 18.4. The quantitative estimate of drug-likeness (QED) is 0.384. The smallest absolute Gasteiger partial charge is 0.337 e. The zero-order valence-corrected chi connectivity index (χ0v) is 17.8. The number of thiazole rings is 1. The van der Waals surface area contributed by atoms with Gasteiger partial charge in [0.05, 0.1) is 22.9 Å². The Labute approximate surface area is 181 Å². The van der Waals surface area contributed by atoms with Crippen LogP contribution in [0.1, 0.15) is 20.7 Å². The number of nitrogens with one attached hydrogen (secondary N) is 1. The van der Waals surface area contributed by atoms with Crippen LogP contribution in [0.5, 0.6) is 0 Å². The third kappa shape index (κ3) is 3.74. The number of ether oxygens (including phenoxy) is 1. The van der Waals surface area contributed by atoms with E-state index in [9.17, 15) is 9.59 Å². The fourth-order valence-electron chi connectivity index (χ4n) is 3.18. The Bertz CT molecular complexity index is 1370. The molecule has 4 aromatic rings. The van der Waals surface area contributed by atoms with Crippen molar-refractivity contribution in [3.8, 4) is 0 Å². The molecular formula is C22H17N3O3S2. The van der Waals surface area contributed by atoms with Crippen LogP contribution in [0.2, 0.25) is 0 Å². The lowest BCUT2D eigenvalue weighted by molar-refractivity contribution is 0.0600. The van der Waals surface area contributed by atoms with E-state index in [1.807, 2.05) is 23.7 Å². The summed E-state index contributed by atoms with van der Waals surface area (Å²) in [6.45, 7) is 0. The van der Waals surface area contributed by atoms with Gasteiger partial charge in [-0.3, -0.25) is 10.1 Å². The summed E-state index contributed by atoms with van der Waals surface area (Å²) >= 11 is 6.78. The van der Waals surface area contributed by atoms with Crippen molar-refractivity contribution in [2.75, 3.05) is 7.11 Å². The minimum atomic E-state index is -0.461. The maximum Gasteiger partial charge on any atom is 0.337 e. The van der Waals surface area contributed by atoms with Crippen molar-refractivity contribution in [3.63, 3.8) is 0 Å². The predicted octanol–water partition coefficient (Wildman–Crippen LogP) is 3.80. The molecule has 3 aromatic carbocycles. The van der Waals surface area contributed by atoms with Crippen LogP contribution in [0, 0.1) is 0 Å². The number of aromatic nitrogens is 1. The highest BCUT2D eigenvalue weighted by Crippen LogP contribution is 2.26. The average Bonchev–Trinajstić information content (AvgIpc) is 3.08. The molecule has 0 fully saturated rings. The SMILES string of the molecule is COC(=O)c1ccc(C(=O)NC(=S)N=c2sc3ccc4ccccc4c3n2C)cc1. The lowest BCUT2D eigenvalue weighted by Gasteiger charge is -2.04. The van der Waals surface area contributed by atoms with E-state index < -0.39 is 11.9 Å². The summed E-state index contributed by atoms with van der Waals surface area (Å²) in [7, 11) is 3.24. The molecule has 0 spiro atoms. The van der Waals surface area contributed by atoms with E-state index in [-0.39, 0.29) is 5.11 Å². The van der Waals surface area contributed by atoms with Crippen molar-refractivity contribution in [2.45, 2.75) is 0 Å². The van der Waals surface area contributed by atoms with Crippen molar-refractivity contribution < 1.29 is 14.3 Å². The summed E-state index contributed by atoms with van der Waals surface area (Å²) in [5, 5.41) is 4.98. The summed E-state index contributed by atoms with van der Waals surface area (Å²) in [4.78, 5) is 29.1. The largest absolute Gasteiger partial charge is 0.465 e. The zero-order valence-electron chi connectivity index (χ0n) is 16.2. The van der Waals surface area contributed by atoms with Crippen molar-refractivity contribution in [1.29, 1.82) is 0 Å². The van der Waals surface area contributed by atoms with Gasteiger partial charge in [-0.1, -0.05) is 41.7 Å². The van der Waals surface area contributed by atoms with E-state index in [1.165, 1.54) is 42.7 Å². The van der Waals surface area contributed by atoms with E-state index in [1.54, 1.807) is 0 Å². The van der Waals surface area contributed by atoms with E-state index in [4.69, 9.17) is 12.2 Å². The Morgan fingerprint density at radius 2 is 1.73 bits per heavy atom. The molecule has 0 radical (unpaired) electrons. The first-order valence-electron chi connectivity index (χ1n) is 9.03. The van der Waals surface area contributed by atoms with Crippen molar-refractivity contribution in [2.24, 2.45) is 12.0 Å². The Kier molecular flexibility index (Phi) is 5.43. The topological polar surface area (TPSA) is 72.7 Å². The third-order valence-electron chi connectivity index (χ3n) is 4.67. The number of methoxy groups -OCH3 is 1. The van der Waals surface area contributed by atoms with Crippen LogP contribution in [0.25, 0.3) is 21.0 Å². The molecule has 0 aliphatic heterocycles. The van der Waals surface area contributed by atoms with Gasteiger partial charge >= 0.3 is 5.97 Å². The summed E-state index contributed by atoms with van der Waals surface area (Å²) in [5.74, 6) is -0.855. The van der Waals surface area contributed by atoms with Gasteiger partial charge in [0.15, 0.2) is 4.80 Å². The number of hydrogen-bond donors (Lipinski definition) is 1. The van der Waals surface area contributed by atoms with Gasteiger partial charge in [-0.05, 0) is 47.9 Å². The molecule has 30 heavy (non-hydrogen) atoms. The van der Waals surface area contributed by atoms with Crippen molar-refractivity contribution in [3.05, 3.63) is 76.6 Å². The van der Waals surface area contributed by atoms with Crippen LogP contribution in [0.15, 0.2) is 65.7 Å². The molecule has 1 amide bonds. The third-order valence-corrected chi connectivity index (χ3v) is 5.96. The number of aryl methyl sites for hydroxylation is 1. The lowest BCUT2D eigenvalue weighted by atomic mass is 10.1. The monoisotopic (exact) mass is 435 g/mol. The Hall–Kier alpha value is -3.36. The van der Waals surface area contributed by atoms with Crippen LogP contribution >= 0.6 is 23.6 Å². The van der Waals surface area contributed by atoms with Gasteiger partial charge in [-0.25, -0.2) is 4.79 Å². The summed E-state index contributed by atoms with van der Waals surface area (Å²) in [5.41, 5.74) is 1.81. The molecule has 0 aliphatic carbocycles. The maximum atomic E-state index is 12.4. The maximum absolute atomic E-state index is 12.4. The van der Waals surface area contributed by atoms with E-state index in [2.05, 4.69) is 39.3 Å². The Balaban J connectivity index is 1.60. The number of thiocarbonyl (C=S) groups is 1. The van der Waals surface area contributed by atoms with Gasteiger partial charge in [0.2, 0.25) is 5.11 Å². The molecule has 0 saturated carbocycles. The lowest BCUT2D eigenvalue weighted by Crippen LogP contribution is -2.29. The van der Waals surface area contributed by atoms with Gasteiger partial charge in [-0.2, -0.15) is 4.99 Å². The molecule has 8 heteroatoms. The van der Waals surface area contributed by atoms with E-state index in [0.717, 1.165) is 21.0 Å². The number of benzene rings is 3. The average molecular weight is 436 g/mol. The number of nitrogens with zero attached hydrogens (tertiary/aromatic N) is 2. The molecule has 1 aromatic heterocycles. The van der Waals surface area contributed by atoms with E-state index in [0.29, 0.717) is 15.9 Å². The van der Waals surface area contributed by atoms with Gasteiger partial charge in [0.1, 0.15) is 0 Å². The van der Waals surface area contributed by atoms with Crippen molar-refractivity contribution in [1.82, 2.24) is 9.88 Å². The molecule has 0 saturated heterocycles. The summed E-state index contributed by atoms with van der Waals surface area (Å²) < 4.78 is 7.72. The summed E-state index contributed by atoms with van der Waals surface area (Å²) in [6.07, 6.45) is 0. The molecular weight excluding hydrogens is 418 g/mol. The first kappa shape index (κ1) is 19.9. The number of esters is 1. The Morgan fingerprint density at radius 3 is 2.47 bits per heavy atom. The van der Waals surface area contributed by atoms with Crippen LogP contribution in [0.4, 0.5) is 0 Å².